The van der Waals surface area contributed by atoms with Crippen LogP contribution in [0.1, 0.15) is 40.0 Å². The Morgan fingerprint density at radius 1 is 0.865 bits per heavy atom. The molecule has 1 aromatic heterocycles. The number of halogens is 1. The molecule has 0 saturated heterocycles. The van der Waals surface area contributed by atoms with Crippen molar-refractivity contribution in [1.29, 1.82) is 0 Å². The lowest BCUT2D eigenvalue weighted by Gasteiger charge is -2.31. The number of rotatable bonds is 5. The number of carbonyl (C=O) groups excluding carboxylic acids is 2. The second kappa shape index (κ2) is 9.95. The first-order valence-electron chi connectivity index (χ1n) is 11.9. The maximum Gasteiger partial charge on any atom is 0.261 e. The summed E-state index contributed by atoms with van der Waals surface area (Å²) < 4.78 is 1.70. The van der Waals surface area contributed by atoms with Crippen molar-refractivity contribution >= 4 is 40.6 Å². The number of amides is 2. The molecular formula is C29H26ClN5O2. The smallest absolute Gasteiger partial charge is 0.261 e. The molecule has 1 aliphatic rings. The number of carbonyl (C=O) groups is 2. The summed E-state index contributed by atoms with van der Waals surface area (Å²) in [7, 11) is 0. The van der Waals surface area contributed by atoms with Gasteiger partial charge in [-0.25, -0.2) is 4.68 Å². The van der Waals surface area contributed by atoms with E-state index < -0.39 is 6.04 Å². The number of nitrogens with zero attached hydrogens (tertiary/aromatic N) is 2. The number of benzene rings is 3. The molecule has 3 N–H and O–H groups in total. The molecule has 2 heterocycles. The van der Waals surface area contributed by atoms with Gasteiger partial charge in [-0.15, -0.1) is 0 Å². The van der Waals surface area contributed by atoms with E-state index in [0.717, 1.165) is 16.7 Å². The van der Waals surface area contributed by atoms with Crippen LogP contribution in [0.5, 0.6) is 0 Å². The van der Waals surface area contributed by atoms with Crippen LogP contribution in [0.15, 0.2) is 90.3 Å². The van der Waals surface area contributed by atoms with E-state index >= 15 is 0 Å². The molecule has 186 valence electrons. The Labute approximate surface area is 220 Å². The molecule has 1 atom stereocenters. The van der Waals surface area contributed by atoms with Crippen LogP contribution in [-0.4, -0.2) is 21.6 Å². The molecule has 0 saturated carbocycles. The number of hydrogen-bond donors (Lipinski definition) is 3. The highest BCUT2D eigenvalue weighted by Gasteiger charge is 2.36. The number of anilines is 3. The summed E-state index contributed by atoms with van der Waals surface area (Å²) in [5.74, 6) is -0.0335. The lowest BCUT2D eigenvalue weighted by molar-refractivity contribution is -0.113. The third-order valence-corrected chi connectivity index (χ3v) is 6.66. The number of aryl methyl sites for hydroxylation is 2. The van der Waals surface area contributed by atoms with Crippen molar-refractivity contribution in [2.45, 2.75) is 26.8 Å². The topological polar surface area (TPSA) is 88.0 Å². The van der Waals surface area contributed by atoms with Crippen LogP contribution in [0.25, 0.3) is 0 Å². The summed E-state index contributed by atoms with van der Waals surface area (Å²) in [4.78, 5) is 26.8. The quantitative estimate of drug-likeness (QED) is 0.292. The van der Waals surface area contributed by atoms with Crippen molar-refractivity contribution in [3.8, 4) is 0 Å². The summed E-state index contributed by atoms with van der Waals surface area (Å²) in [5.41, 5.74) is 5.87. The molecule has 2 amide bonds. The number of fused-ring (bicyclic) bond motifs is 1. The molecule has 0 aliphatic carbocycles. The zero-order valence-corrected chi connectivity index (χ0v) is 21.4. The number of aromatic nitrogens is 2. The van der Waals surface area contributed by atoms with Gasteiger partial charge >= 0.3 is 0 Å². The lowest BCUT2D eigenvalue weighted by atomic mass is 9.91. The van der Waals surface area contributed by atoms with Gasteiger partial charge in [0.15, 0.2) is 0 Å². The fraction of sp³-hybridized carbons (Fsp3) is 0.138. The Balaban J connectivity index is 1.54. The molecule has 0 spiro atoms. The van der Waals surface area contributed by atoms with Gasteiger partial charge in [-0.05, 0) is 68.3 Å². The molecule has 0 unspecified atom stereocenters. The molecule has 0 radical (unpaired) electrons. The lowest BCUT2D eigenvalue weighted by Crippen LogP contribution is -2.32. The molecule has 37 heavy (non-hydrogen) atoms. The summed E-state index contributed by atoms with van der Waals surface area (Å²) in [6.07, 6.45) is 1.53. The molecule has 8 heteroatoms. The van der Waals surface area contributed by atoms with Gasteiger partial charge in [-0.3, -0.25) is 9.59 Å². The second-order valence-electron chi connectivity index (χ2n) is 9.06. The Morgan fingerprint density at radius 2 is 1.49 bits per heavy atom. The molecule has 0 bridgehead atoms. The first-order valence-corrected chi connectivity index (χ1v) is 12.3. The maximum atomic E-state index is 13.6. The van der Waals surface area contributed by atoms with Crippen LogP contribution < -0.4 is 16.0 Å². The van der Waals surface area contributed by atoms with Gasteiger partial charge in [0.1, 0.15) is 17.4 Å². The zero-order valence-electron chi connectivity index (χ0n) is 20.7. The third kappa shape index (κ3) is 4.86. The van der Waals surface area contributed by atoms with Crippen molar-refractivity contribution in [3.63, 3.8) is 0 Å². The minimum Gasteiger partial charge on any atom is -0.343 e. The van der Waals surface area contributed by atoms with Crippen molar-refractivity contribution in [1.82, 2.24) is 9.78 Å². The van der Waals surface area contributed by atoms with Gasteiger partial charge in [0.2, 0.25) is 0 Å². The molecule has 3 aromatic carbocycles. The second-order valence-corrected chi connectivity index (χ2v) is 9.49. The molecule has 0 fully saturated rings. The Kier molecular flexibility index (Phi) is 6.54. The fourth-order valence-electron chi connectivity index (χ4n) is 4.46. The predicted molar refractivity (Wildman–Crippen MR) is 147 cm³/mol. The van der Waals surface area contributed by atoms with Crippen molar-refractivity contribution in [2.75, 3.05) is 16.0 Å². The summed E-state index contributed by atoms with van der Waals surface area (Å²) in [6, 6.07) is 21.9. The van der Waals surface area contributed by atoms with Crippen molar-refractivity contribution in [3.05, 3.63) is 118 Å². The largest absolute Gasteiger partial charge is 0.343 e. The highest BCUT2D eigenvalue weighted by Crippen LogP contribution is 2.39. The van der Waals surface area contributed by atoms with Crippen LogP contribution in [-0.2, 0) is 4.79 Å². The number of nitrogens with one attached hydrogen (secondary N) is 3. The van der Waals surface area contributed by atoms with E-state index in [9.17, 15) is 9.59 Å². The van der Waals surface area contributed by atoms with E-state index in [1.807, 2.05) is 69.3 Å². The average molecular weight is 512 g/mol. The van der Waals surface area contributed by atoms with Crippen molar-refractivity contribution < 1.29 is 9.59 Å². The van der Waals surface area contributed by atoms with Gasteiger partial charge in [0.25, 0.3) is 11.8 Å². The normalized spacial score (nSPS) is 14.5. The number of hydrogen-bond acceptors (Lipinski definition) is 4. The van der Waals surface area contributed by atoms with Crippen LogP contribution in [0, 0.1) is 13.8 Å². The van der Waals surface area contributed by atoms with Crippen LogP contribution in [0.2, 0.25) is 5.02 Å². The summed E-state index contributed by atoms with van der Waals surface area (Å²) in [6.45, 7) is 5.82. The van der Waals surface area contributed by atoms with E-state index in [0.29, 0.717) is 39.0 Å². The molecule has 1 aliphatic heterocycles. The van der Waals surface area contributed by atoms with Crippen LogP contribution >= 0.6 is 11.6 Å². The molecule has 5 rings (SSSR count). The van der Waals surface area contributed by atoms with Crippen molar-refractivity contribution in [2.24, 2.45) is 0 Å². The number of allylic oxidation sites excluding steroid dienone is 1. The standard InChI is InChI=1S/C29H26ClN5O2/c1-17-8-12-21(13-9-17)33-28(36)24-16-31-35-26(23-7-5-4-6-18(23)2)25(19(3)32-27(24)35)29(37)34-22-14-10-20(30)11-15-22/h4-16,26,32H,1-3H3,(H,33,36)(H,34,37)/t26-/m0/s1. The summed E-state index contributed by atoms with van der Waals surface area (Å²) >= 11 is 6.01. The first-order chi connectivity index (χ1) is 17.8. The van der Waals surface area contributed by atoms with Gasteiger partial charge in [-0.1, -0.05) is 53.6 Å². The summed E-state index contributed by atoms with van der Waals surface area (Å²) in [5, 5.41) is 14.3. The minimum atomic E-state index is -0.536. The fourth-order valence-corrected chi connectivity index (χ4v) is 4.59. The van der Waals surface area contributed by atoms with E-state index in [1.165, 1.54) is 6.20 Å². The molecular weight excluding hydrogens is 486 g/mol. The van der Waals surface area contributed by atoms with Crippen LogP contribution in [0.4, 0.5) is 17.2 Å². The van der Waals surface area contributed by atoms with Crippen LogP contribution in [0.3, 0.4) is 0 Å². The van der Waals surface area contributed by atoms with Gasteiger partial charge in [0.05, 0.1) is 11.8 Å². The SMILES string of the molecule is CC1=C(C(=O)Nc2ccc(Cl)cc2)[C@H](c2ccccc2C)n2ncc(C(=O)Nc3ccc(C)cc3)c2N1. The predicted octanol–water partition coefficient (Wildman–Crippen LogP) is 6.33. The van der Waals surface area contributed by atoms with E-state index in [2.05, 4.69) is 21.0 Å². The first kappa shape index (κ1) is 24.3. The van der Waals surface area contributed by atoms with E-state index in [4.69, 9.17) is 11.6 Å². The van der Waals surface area contributed by atoms with E-state index in [1.54, 1.807) is 28.9 Å². The molecule has 4 aromatic rings. The highest BCUT2D eigenvalue weighted by molar-refractivity contribution is 6.30. The maximum absolute atomic E-state index is 13.6. The monoisotopic (exact) mass is 511 g/mol. The minimum absolute atomic E-state index is 0.271. The third-order valence-electron chi connectivity index (χ3n) is 6.41. The Bertz CT molecular complexity index is 1520. The van der Waals surface area contributed by atoms with Gasteiger partial charge in [0, 0.05) is 22.1 Å². The Hall–Kier alpha value is -4.36. The zero-order chi connectivity index (χ0) is 26.1. The Morgan fingerprint density at radius 3 is 2.16 bits per heavy atom. The van der Waals surface area contributed by atoms with E-state index in [-0.39, 0.29) is 11.8 Å². The van der Waals surface area contributed by atoms with Gasteiger partial charge in [-0.2, -0.15) is 5.10 Å². The molecule has 7 nitrogen and oxygen atoms in total. The highest BCUT2D eigenvalue weighted by atomic mass is 35.5. The van der Waals surface area contributed by atoms with Gasteiger partial charge < -0.3 is 16.0 Å². The average Bonchev–Trinajstić information content (AvgIpc) is 3.30.